The monoisotopic (exact) mass is 468 g/mol. The van der Waals surface area contributed by atoms with Crippen LogP contribution in [-0.4, -0.2) is 27.1 Å². The van der Waals surface area contributed by atoms with Crippen LogP contribution in [0, 0.1) is 6.92 Å². The van der Waals surface area contributed by atoms with Gasteiger partial charge in [-0.2, -0.15) is 0 Å². The zero-order chi connectivity index (χ0) is 23.3. The number of aryl methyl sites for hydroxylation is 2. The summed E-state index contributed by atoms with van der Waals surface area (Å²) in [6.45, 7) is 6.08. The lowest BCUT2D eigenvalue weighted by atomic mass is 10.1. The van der Waals surface area contributed by atoms with Crippen LogP contribution in [0.5, 0.6) is 0 Å². The average Bonchev–Trinajstić information content (AvgIpc) is 2.81. The van der Waals surface area contributed by atoms with Gasteiger partial charge in [0.1, 0.15) is 0 Å². The Bertz CT molecular complexity index is 1190. The Morgan fingerprint density at radius 2 is 1.62 bits per heavy atom. The Kier molecular flexibility index (Phi) is 7.64. The van der Waals surface area contributed by atoms with Gasteiger partial charge in [0.2, 0.25) is 0 Å². The van der Waals surface area contributed by atoms with Gasteiger partial charge in [0.05, 0.1) is 10.6 Å². The Labute approximate surface area is 194 Å². The van der Waals surface area contributed by atoms with Gasteiger partial charge >= 0.3 is 0 Å². The second-order valence-corrected chi connectivity index (χ2v) is 10.1. The number of rotatable bonds is 8. The highest BCUT2D eigenvalue weighted by molar-refractivity contribution is 7.98. The molecule has 0 heterocycles. The van der Waals surface area contributed by atoms with Gasteiger partial charge in [0.25, 0.3) is 15.9 Å². The van der Waals surface area contributed by atoms with E-state index in [4.69, 9.17) is 0 Å². The van der Waals surface area contributed by atoms with Gasteiger partial charge in [-0.05, 0) is 86.2 Å². The maximum absolute atomic E-state index is 13.2. The first-order chi connectivity index (χ1) is 15.3. The fourth-order valence-electron chi connectivity index (χ4n) is 3.53. The zero-order valence-corrected chi connectivity index (χ0v) is 20.4. The number of para-hydroxylation sites is 1. The van der Waals surface area contributed by atoms with Gasteiger partial charge in [-0.25, -0.2) is 8.42 Å². The number of carbonyl (C=O) groups is 1. The molecule has 0 bridgehead atoms. The Hall–Kier alpha value is -2.77. The number of carbonyl (C=O) groups excluding carboxylic acids is 1. The SMILES string of the molecule is CCc1cccc(C)c1NC(=O)c1ccc(N(CC)S(=O)(=O)c2ccc(SC)cc2)cc1. The van der Waals surface area contributed by atoms with Gasteiger partial charge < -0.3 is 5.32 Å². The molecule has 0 spiro atoms. The van der Waals surface area contributed by atoms with Gasteiger partial charge in [-0.15, -0.1) is 11.8 Å². The molecule has 0 fully saturated rings. The summed E-state index contributed by atoms with van der Waals surface area (Å²) in [6.07, 6.45) is 2.76. The normalized spacial score (nSPS) is 11.2. The molecule has 1 N–H and O–H groups in total. The minimum absolute atomic E-state index is 0.223. The second-order valence-electron chi connectivity index (χ2n) is 7.31. The van der Waals surface area contributed by atoms with E-state index in [-0.39, 0.29) is 17.3 Å². The van der Waals surface area contributed by atoms with E-state index in [0.29, 0.717) is 11.3 Å². The highest BCUT2D eigenvalue weighted by Crippen LogP contribution is 2.26. The van der Waals surface area contributed by atoms with Gasteiger partial charge in [0.15, 0.2) is 0 Å². The number of thioether (sulfide) groups is 1. The van der Waals surface area contributed by atoms with Crippen molar-refractivity contribution in [3.8, 4) is 0 Å². The van der Waals surface area contributed by atoms with Crippen molar-refractivity contribution in [1.29, 1.82) is 0 Å². The Morgan fingerprint density at radius 1 is 0.969 bits per heavy atom. The molecular weight excluding hydrogens is 440 g/mol. The molecule has 0 aliphatic carbocycles. The first-order valence-corrected chi connectivity index (χ1v) is 13.1. The summed E-state index contributed by atoms with van der Waals surface area (Å²) in [4.78, 5) is 14.1. The highest BCUT2D eigenvalue weighted by Gasteiger charge is 2.24. The molecule has 0 saturated carbocycles. The lowest BCUT2D eigenvalue weighted by Gasteiger charge is -2.23. The summed E-state index contributed by atoms with van der Waals surface area (Å²) >= 11 is 1.56. The van der Waals surface area contributed by atoms with Crippen molar-refractivity contribution >= 4 is 39.1 Å². The van der Waals surface area contributed by atoms with Gasteiger partial charge in [0, 0.05) is 22.7 Å². The quantitative estimate of drug-likeness (QED) is 0.428. The number of hydrogen-bond donors (Lipinski definition) is 1. The molecule has 0 aliphatic heterocycles. The maximum atomic E-state index is 13.2. The molecule has 0 unspecified atom stereocenters. The molecule has 32 heavy (non-hydrogen) atoms. The third kappa shape index (κ3) is 5.00. The van der Waals surface area contributed by atoms with E-state index in [1.165, 1.54) is 4.31 Å². The van der Waals surface area contributed by atoms with Crippen molar-refractivity contribution in [2.75, 3.05) is 22.4 Å². The third-order valence-corrected chi connectivity index (χ3v) is 7.99. The number of benzene rings is 3. The zero-order valence-electron chi connectivity index (χ0n) is 18.8. The molecular formula is C25H28N2O3S2. The number of anilines is 2. The van der Waals surface area contributed by atoms with Gasteiger partial charge in [-0.1, -0.05) is 25.1 Å². The van der Waals surface area contributed by atoms with Crippen LogP contribution in [0.1, 0.15) is 35.3 Å². The van der Waals surface area contributed by atoms with E-state index in [1.54, 1.807) is 67.2 Å². The largest absolute Gasteiger partial charge is 0.321 e. The fraction of sp³-hybridized carbons (Fsp3) is 0.240. The predicted octanol–water partition coefficient (Wildman–Crippen LogP) is 5.75. The van der Waals surface area contributed by atoms with Crippen molar-refractivity contribution in [3.63, 3.8) is 0 Å². The summed E-state index contributed by atoms with van der Waals surface area (Å²) in [6, 6.07) is 19.5. The van der Waals surface area contributed by atoms with Crippen LogP contribution in [-0.2, 0) is 16.4 Å². The van der Waals surface area contributed by atoms with E-state index in [2.05, 4.69) is 5.32 Å². The molecule has 3 rings (SSSR count). The lowest BCUT2D eigenvalue weighted by Crippen LogP contribution is -2.30. The predicted molar refractivity (Wildman–Crippen MR) is 133 cm³/mol. The first-order valence-electron chi connectivity index (χ1n) is 10.5. The van der Waals surface area contributed by atoms with Crippen LogP contribution in [0.2, 0.25) is 0 Å². The molecule has 5 nitrogen and oxygen atoms in total. The summed E-state index contributed by atoms with van der Waals surface area (Å²) < 4.78 is 27.7. The van der Waals surface area contributed by atoms with Crippen molar-refractivity contribution in [2.24, 2.45) is 0 Å². The van der Waals surface area contributed by atoms with Crippen LogP contribution >= 0.6 is 11.8 Å². The van der Waals surface area contributed by atoms with Crippen molar-refractivity contribution in [2.45, 2.75) is 37.0 Å². The molecule has 0 radical (unpaired) electrons. The van der Waals surface area contributed by atoms with Crippen LogP contribution in [0.15, 0.2) is 76.5 Å². The number of sulfonamides is 1. The summed E-state index contributed by atoms with van der Waals surface area (Å²) in [5.74, 6) is -0.223. The smallest absolute Gasteiger partial charge is 0.264 e. The molecule has 0 aromatic heterocycles. The Morgan fingerprint density at radius 3 is 2.19 bits per heavy atom. The third-order valence-electron chi connectivity index (χ3n) is 5.33. The Balaban J connectivity index is 1.84. The lowest BCUT2D eigenvalue weighted by molar-refractivity contribution is 0.102. The molecule has 0 saturated heterocycles. The van der Waals surface area contributed by atoms with Crippen molar-refractivity contribution < 1.29 is 13.2 Å². The summed E-state index contributed by atoms with van der Waals surface area (Å²) in [7, 11) is -3.70. The van der Waals surface area contributed by atoms with E-state index in [9.17, 15) is 13.2 Å². The van der Waals surface area contributed by atoms with E-state index in [1.807, 2.05) is 38.3 Å². The number of nitrogens with zero attached hydrogens (tertiary/aromatic N) is 1. The molecule has 3 aromatic carbocycles. The van der Waals surface area contributed by atoms with E-state index < -0.39 is 10.0 Å². The topological polar surface area (TPSA) is 66.5 Å². The molecule has 7 heteroatoms. The minimum atomic E-state index is -3.70. The highest BCUT2D eigenvalue weighted by atomic mass is 32.2. The minimum Gasteiger partial charge on any atom is -0.321 e. The van der Waals surface area contributed by atoms with Crippen LogP contribution in [0.4, 0.5) is 11.4 Å². The van der Waals surface area contributed by atoms with Crippen LogP contribution in [0.3, 0.4) is 0 Å². The standard InChI is InChI=1S/C25H28N2O3S2/c1-5-19-9-7-8-18(3)24(19)26-25(28)20-10-12-21(13-11-20)27(6-2)32(29,30)23-16-14-22(31-4)15-17-23/h7-17H,5-6H2,1-4H3,(H,26,28). The fourth-order valence-corrected chi connectivity index (χ4v) is 5.41. The maximum Gasteiger partial charge on any atom is 0.264 e. The van der Waals surface area contributed by atoms with Crippen molar-refractivity contribution in [1.82, 2.24) is 0 Å². The molecule has 168 valence electrons. The number of amides is 1. The molecule has 3 aromatic rings. The first kappa shape index (κ1) is 23.9. The number of nitrogens with one attached hydrogen (secondary N) is 1. The van der Waals surface area contributed by atoms with Crippen LogP contribution in [0.25, 0.3) is 0 Å². The summed E-state index contributed by atoms with van der Waals surface area (Å²) in [5, 5.41) is 3.00. The van der Waals surface area contributed by atoms with E-state index >= 15 is 0 Å². The van der Waals surface area contributed by atoms with E-state index in [0.717, 1.165) is 28.1 Å². The number of hydrogen-bond acceptors (Lipinski definition) is 4. The summed E-state index contributed by atoms with van der Waals surface area (Å²) in [5.41, 5.74) is 3.89. The van der Waals surface area contributed by atoms with Crippen LogP contribution < -0.4 is 9.62 Å². The molecule has 0 aliphatic rings. The molecule has 0 atom stereocenters. The molecule has 1 amide bonds. The average molecular weight is 469 g/mol. The second kappa shape index (κ2) is 10.2. The van der Waals surface area contributed by atoms with Gasteiger partial charge in [-0.3, -0.25) is 9.10 Å². The van der Waals surface area contributed by atoms with Crippen molar-refractivity contribution in [3.05, 3.63) is 83.4 Å².